The Kier molecular flexibility index (Phi) is 3.73. The molecule has 0 saturated carbocycles. The van der Waals surface area contributed by atoms with Crippen LogP contribution in [0.2, 0.25) is 0 Å². The van der Waals surface area contributed by atoms with Crippen LogP contribution >= 0.6 is 0 Å². The first-order chi connectivity index (χ1) is 11.2. The average Bonchev–Trinajstić information content (AvgIpc) is 3.11. The molecular weight excluding hydrogens is 312 g/mol. The molecule has 0 spiro atoms. The van der Waals surface area contributed by atoms with Gasteiger partial charge in [0.05, 0.1) is 17.2 Å². The van der Waals surface area contributed by atoms with Gasteiger partial charge in [0.2, 0.25) is 6.43 Å². The Morgan fingerprint density at radius 2 is 2.04 bits per heavy atom. The number of nitrogens with one attached hydrogen (secondary N) is 2. The molecule has 0 aliphatic heterocycles. The fourth-order valence-corrected chi connectivity index (χ4v) is 3.84. The largest absolute Gasteiger partial charge is 0.322 e. The molecule has 2 atom stereocenters. The van der Waals surface area contributed by atoms with Crippen molar-refractivity contribution in [2.45, 2.75) is 45.0 Å². The van der Waals surface area contributed by atoms with Crippen molar-refractivity contribution in [2.24, 2.45) is 5.92 Å². The van der Waals surface area contributed by atoms with Crippen LogP contribution in [0.5, 0.6) is 0 Å². The van der Waals surface area contributed by atoms with Crippen LogP contribution in [0.3, 0.4) is 0 Å². The highest BCUT2D eigenvalue weighted by atomic mass is 19.3. The number of carbonyl (C=O) groups is 1. The molecule has 2 N–H and O–H groups in total. The molecule has 1 aromatic heterocycles. The van der Waals surface area contributed by atoms with Gasteiger partial charge >= 0.3 is 0 Å². The number of halogens is 2. The fraction of sp³-hybridized carbons (Fsp3) is 0.444. The summed E-state index contributed by atoms with van der Waals surface area (Å²) in [4.78, 5) is 12.3. The summed E-state index contributed by atoms with van der Waals surface area (Å²) in [5.41, 5.74) is 0.475. The maximum atomic E-state index is 14.1. The van der Waals surface area contributed by atoms with Crippen molar-refractivity contribution in [1.82, 2.24) is 10.2 Å². The predicted octanol–water partition coefficient (Wildman–Crippen LogP) is 4.11. The molecule has 1 heterocycles. The van der Waals surface area contributed by atoms with Crippen molar-refractivity contribution in [3.05, 3.63) is 47.3 Å². The third-order valence-corrected chi connectivity index (χ3v) is 5.74. The average molecular weight is 333 g/mol. The van der Waals surface area contributed by atoms with E-state index in [1.54, 1.807) is 19.1 Å². The van der Waals surface area contributed by atoms with E-state index in [9.17, 15) is 13.6 Å². The molecule has 2 aromatic rings. The topological polar surface area (TPSA) is 57.8 Å². The number of aromatic amines is 1. The third kappa shape index (κ3) is 2.16. The Bertz CT molecular complexity index is 771. The van der Waals surface area contributed by atoms with E-state index in [0.29, 0.717) is 16.8 Å². The second kappa shape index (κ2) is 5.40. The van der Waals surface area contributed by atoms with Gasteiger partial charge < -0.3 is 5.32 Å². The minimum absolute atomic E-state index is 0.271. The number of rotatable bonds is 3. The zero-order valence-corrected chi connectivity index (χ0v) is 14.2. The molecule has 3 rings (SSSR count). The molecule has 1 aromatic carbocycles. The highest BCUT2D eigenvalue weighted by molar-refractivity contribution is 6.04. The van der Waals surface area contributed by atoms with Crippen LogP contribution in [0.25, 0.3) is 0 Å². The monoisotopic (exact) mass is 333 g/mol. The van der Waals surface area contributed by atoms with Gasteiger partial charge in [-0.25, -0.2) is 8.78 Å². The number of nitrogens with zero attached hydrogens (tertiary/aromatic N) is 1. The lowest BCUT2D eigenvalue weighted by Crippen LogP contribution is -2.39. The molecule has 2 unspecified atom stereocenters. The molecule has 4 nitrogen and oxygen atoms in total. The Hall–Kier alpha value is -2.24. The number of fused-ring (bicyclic) bond motifs is 1. The number of benzene rings is 1. The van der Waals surface area contributed by atoms with Crippen molar-refractivity contribution < 1.29 is 13.6 Å². The molecule has 0 bridgehead atoms. The number of H-pyrrole nitrogens is 1. The Morgan fingerprint density at radius 1 is 1.33 bits per heavy atom. The van der Waals surface area contributed by atoms with Gasteiger partial charge in [-0.1, -0.05) is 32.9 Å². The number of aromatic nitrogens is 2. The first kappa shape index (κ1) is 16.6. The number of hydrogen-bond donors (Lipinski definition) is 2. The van der Waals surface area contributed by atoms with E-state index in [1.807, 2.05) is 26.8 Å². The van der Waals surface area contributed by atoms with Crippen molar-refractivity contribution in [3.63, 3.8) is 0 Å². The van der Waals surface area contributed by atoms with Crippen LogP contribution < -0.4 is 5.32 Å². The summed E-state index contributed by atoms with van der Waals surface area (Å²) in [6, 6.07) is 5.37. The summed E-state index contributed by atoms with van der Waals surface area (Å²) >= 11 is 0. The van der Waals surface area contributed by atoms with Crippen molar-refractivity contribution in [2.75, 3.05) is 5.32 Å². The zero-order valence-electron chi connectivity index (χ0n) is 14.2. The quantitative estimate of drug-likeness (QED) is 0.888. The number of amides is 1. The molecule has 0 saturated heterocycles. The number of hydrogen-bond acceptors (Lipinski definition) is 2. The summed E-state index contributed by atoms with van der Waals surface area (Å²) in [5.74, 6) is -0.641. The van der Waals surface area contributed by atoms with Crippen molar-refractivity contribution in [1.29, 1.82) is 0 Å². The molecule has 6 heteroatoms. The Labute approximate surface area is 139 Å². The molecule has 1 amide bonds. The second-order valence-electron chi connectivity index (χ2n) is 7.20. The lowest BCUT2D eigenvalue weighted by Gasteiger charge is -2.35. The van der Waals surface area contributed by atoms with Gasteiger partial charge in [0.15, 0.2) is 0 Å². The van der Waals surface area contributed by atoms with Gasteiger partial charge in [-0.15, -0.1) is 0 Å². The molecule has 0 radical (unpaired) electrons. The standard InChI is InChI=1S/C18H21F2N3O/c1-10-17(2,3)12-6-5-7-13(14(12)18(10,4)16(19)20)23-15(24)11-8-21-22-9-11/h5-10,16H,1-4H3,(H,21,22)(H,23,24). The van der Waals surface area contributed by atoms with E-state index in [-0.39, 0.29) is 11.8 Å². The van der Waals surface area contributed by atoms with Gasteiger partial charge in [-0.3, -0.25) is 9.89 Å². The molecule has 128 valence electrons. The van der Waals surface area contributed by atoms with E-state index in [1.165, 1.54) is 12.4 Å². The highest BCUT2D eigenvalue weighted by Crippen LogP contribution is 2.58. The van der Waals surface area contributed by atoms with Gasteiger partial charge in [-0.2, -0.15) is 5.10 Å². The second-order valence-corrected chi connectivity index (χ2v) is 7.20. The fourth-order valence-electron chi connectivity index (χ4n) is 3.84. The van der Waals surface area contributed by atoms with Crippen molar-refractivity contribution >= 4 is 11.6 Å². The summed E-state index contributed by atoms with van der Waals surface area (Å²) in [6.45, 7) is 7.40. The Balaban J connectivity index is 2.12. The van der Waals surface area contributed by atoms with E-state index in [2.05, 4.69) is 15.5 Å². The molecule has 1 aliphatic rings. The van der Waals surface area contributed by atoms with Gasteiger partial charge in [0.1, 0.15) is 0 Å². The van der Waals surface area contributed by atoms with E-state index in [4.69, 9.17) is 0 Å². The van der Waals surface area contributed by atoms with Crippen LogP contribution in [0.15, 0.2) is 30.6 Å². The smallest absolute Gasteiger partial charge is 0.258 e. The minimum atomic E-state index is -2.53. The van der Waals surface area contributed by atoms with Crippen LogP contribution in [-0.4, -0.2) is 22.5 Å². The summed E-state index contributed by atoms with van der Waals surface area (Å²) in [5, 5.41) is 9.10. The first-order valence-electron chi connectivity index (χ1n) is 7.93. The van der Waals surface area contributed by atoms with Crippen LogP contribution in [0.4, 0.5) is 14.5 Å². The van der Waals surface area contributed by atoms with E-state index in [0.717, 1.165) is 5.56 Å². The Morgan fingerprint density at radius 3 is 2.62 bits per heavy atom. The third-order valence-electron chi connectivity index (χ3n) is 5.74. The van der Waals surface area contributed by atoms with Gasteiger partial charge in [-0.05, 0) is 35.4 Å². The van der Waals surface area contributed by atoms with E-state index < -0.39 is 17.3 Å². The summed E-state index contributed by atoms with van der Waals surface area (Å²) in [6.07, 6.45) is 0.342. The minimum Gasteiger partial charge on any atom is -0.322 e. The van der Waals surface area contributed by atoms with Gasteiger partial charge in [0, 0.05) is 11.9 Å². The molecule has 24 heavy (non-hydrogen) atoms. The molecule has 0 fully saturated rings. The maximum absolute atomic E-state index is 14.1. The number of anilines is 1. The van der Waals surface area contributed by atoms with E-state index >= 15 is 0 Å². The zero-order chi connectivity index (χ0) is 17.7. The normalized spacial score (nSPS) is 24.9. The molecule has 1 aliphatic carbocycles. The lowest BCUT2D eigenvalue weighted by molar-refractivity contribution is 0.0210. The first-order valence-corrected chi connectivity index (χ1v) is 7.93. The summed E-state index contributed by atoms with van der Waals surface area (Å²) < 4.78 is 28.1. The SMILES string of the molecule is CC1C(C)(C)c2cccc(NC(=O)c3cn[nH]c3)c2C1(C)C(F)F. The predicted molar refractivity (Wildman–Crippen MR) is 88.5 cm³/mol. The van der Waals surface area contributed by atoms with Crippen LogP contribution in [0.1, 0.15) is 49.2 Å². The van der Waals surface area contributed by atoms with Crippen LogP contribution in [0, 0.1) is 5.92 Å². The van der Waals surface area contributed by atoms with Gasteiger partial charge in [0.25, 0.3) is 5.91 Å². The summed E-state index contributed by atoms with van der Waals surface area (Å²) in [7, 11) is 0. The van der Waals surface area contributed by atoms with Crippen molar-refractivity contribution in [3.8, 4) is 0 Å². The highest BCUT2D eigenvalue weighted by Gasteiger charge is 2.57. The maximum Gasteiger partial charge on any atom is 0.258 e. The number of carbonyl (C=O) groups excluding carboxylic acids is 1. The lowest BCUT2D eigenvalue weighted by atomic mass is 9.70. The molecular formula is C18H21F2N3O. The number of alkyl halides is 2. The van der Waals surface area contributed by atoms with Crippen LogP contribution in [-0.2, 0) is 10.8 Å².